The molecule has 0 atom stereocenters. The van der Waals surface area contributed by atoms with Gasteiger partial charge in [-0.05, 0) is 38.6 Å². The van der Waals surface area contributed by atoms with E-state index in [2.05, 4.69) is 22.0 Å². The molecule has 0 aliphatic rings. The van der Waals surface area contributed by atoms with Crippen molar-refractivity contribution in [2.75, 3.05) is 13.7 Å². The zero-order valence-corrected chi connectivity index (χ0v) is 15.0. The molecule has 0 fully saturated rings. The minimum absolute atomic E-state index is 0.0109. The first-order valence-electron chi connectivity index (χ1n) is 7.94. The highest BCUT2D eigenvalue weighted by molar-refractivity contribution is 7.15. The first kappa shape index (κ1) is 16.7. The Bertz CT molecular complexity index is 883. The summed E-state index contributed by atoms with van der Waals surface area (Å²) in [6.45, 7) is 5.99. The monoisotopic (exact) mass is 343 g/mol. The summed E-state index contributed by atoms with van der Waals surface area (Å²) in [5.41, 5.74) is 2.92. The Morgan fingerprint density at radius 1 is 1.25 bits per heavy atom. The third-order valence-corrected chi connectivity index (χ3v) is 4.69. The SMILES string of the molecule is CCOc1ccc(CN(C)Cc2cc(=O)n3c(C)csc3n2)cc1. The molecule has 24 heavy (non-hydrogen) atoms. The smallest absolute Gasteiger partial charge is 0.259 e. The number of rotatable bonds is 6. The van der Waals surface area contributed by atoms with E-state index in [1.807, 2.05) is 38.4 Å². The van der Waals surface area contributed by atoms with Crippen LogP contribution in [0, 0.1) is 6.92 Å². The van der Waals surface area contributed by atoms with E-state index in [0.29, 0.717) is 13.2 Å². The Hall–Kier alpha value is -2.18. The minimum atomic E-state index is -0.0109. The standard InChI is InChI=1S/C18H21N3O2S/c1-4-23-16-7-5-14(6-8-16)10-20(3)11-15-9-17(22)21-13(2)12-24-18(21)19-15/h5-9,12H,4,10-11H2,1-3H3. The summed E-state index contributed by atoms with van der Waals surface area (Å²) in [7, 11) is 2.03. The Kier molecular flexibility index (Phi) is 4.97. The molecule has 2 heterocycles. The van der Waals surface area contributed by atoms with E-state index in [9.17, 15) is 4.79 Å². The van der Waals surface area contributed by atoms with Gasteiger partial charge in [0.15, 0.2) is 4.96 Å². The van der Waals surface area contributed by atoms with Crippen molar-refractivity contribution >= 4 is 16.3 Å². The van der Waals surface area contributed by atoms with Crippen LogP contribution >= 0.6 is 11.3 Å². The molecule has 0 aliphatic carbocycles. The van der Waals surface area contributed by atoms with Crippen molar-refractivity contribution in [3.05, 3.63) is 63.0 Å². The molecule has 3 rings (SSSR count). The first-order valence-corrected chi connectivity index (χ1v) is 8.82. The number of aryl methyl sites for hydroxylation is 1. The highest BCUT2D eigenvalue weighted by Gasteiger charge is 2.09. The lowest BCUT2D eigenvalue weighted by Crippen LogP contribution is -2.21. The molecule has 0 N–H and O–H groups in total. The number of benzene rings is 1. The zero-order chi connectivity index (χ0) is 17.1. The Balaban J connectivity index is 1.70. The van der Waals surface area contributed by atoms with Crippen molar-refractivity contribution in [1.29, 1.82) is 0 Å². The van der Waals surface area contributed by atoms with Crippen LogP contribution in [0.3, 0.4) is 0 Å². The second kappa shape index (κ2) is 7.15. The van der Waals surface area contributed by atoms with Gasteiger partial charge in [-0.2, -0.15) is 0 Å². The van der Waals surface area contributed by atoms with E-state index < -0.39 is 0 Å². The summed E-state index contributed by atoms with van der Waals surface area (Å²) in [5.74, 6) is 0.886. The van der Waals surface area contributed by atoms with Crippen molar-refractivity contribution in [2.45, 2.75) is 26.9 Å². The van der Waals surface area contributed by atoms with Crippen LogP contribution in [0.2, 0.25) is 0 Å². The van der Waals surface area contributed by atoms with Crippen LogP contribution < -0.4 is 10.3 Å². The van der Waals surface area contributed by atoms with Crippen molar-refractivity contribution in [3.63, 3.8) is 0 Å². The van der Waals surface area contributed by atoms with Crippen LogP contribution in [-0.4, -0.2) is 27.9 Å². The second-order valence-electron chi connectivity index (χ2n) is 5.83. The Morgan fingerprint density at radius 2 is 2.00 bits per heavy atom. The summed E-state index contributed by atoms with van der Waals surface area (Å²) < 4.78 is 7.11. The number of nitrogens with zero attached hydrogens (tertiary/aromatic N) is 3. The molecule has 0 spiro atoms. The number of thiazole rings is 1. The maximum atomic E-state index is 12.2. The van der Waals surface area contributed by atoms with Gasteiger partial charge in [0.2, 0.25) is 0 Å². The molecule has 0 aliphatic heterocycles. The lowest BCUT2D eigenvalue weighted by atomic mass is 10.2. The third-order valence-electron chi connectivity index (χ3n) is 3.75. The van der Waals surface area contributed by atoms with E-state index in [1.54, 1.807) is 10.5 Å². The second-order valence-corrected chi connectivity index (χ2v) is 6.67. The Labute approximate surface area is 145 Å². The van der Waals surface area contributed by atoms with Gasteiger partial charge in [0.05, 0.1) is 12.3 Å². The topological polar surface area (TPSA) is 46.8 Å². The van der Waals surface area contributed by atoms with Gasteiger partial charge < -0.3 is 4.74 Å². The van der Waals surface area contributed by atoms with Crippen molar-refractivity contribution in [3.8, 4) is 5.75 Å². The lowest BCUT2D eigenvalue weighted by Gasteiger charge is -2.16. The van der Waals surface area contributed by atoms with E-state index >= 15 is 0 Å². The van der Waals surface area contributed by atoms with Gasteiger partial charge in [0.25, 0.3) is 5.56 Å². The number of hydrogen-bond acceptors (Lipinski definition) is 5. The predicted molar refractivity (Wildman–Crippen MR) is 96.9 cm³/mol. The predicted octanol–water partition coefficient (Wildman–Crippen LogP) is 3.10. The largest absolute Gasteiger partial charge is 0.494 e. The van der Waals surface area contributed by atoms with Crippen LogP contribution in [0.15, 0.2) is 40.5 Å². The van der Waals surface area contributed by atoms with E-state index in [0.717, 1.165) is 28.6 Å². The summed E-state index contributed by atoms with van der Waals surface area (Å²) in [4.78, 5) is 19.7. The average molecular weight is 343 g/mol. The van der Waals surface area contributed by atoms with Gasteiger partial charge >= 0.3 is 0 Å². The van der Waals surface area contributed by atoms with E-state index in [1.165, 1.54) is 16.9 Å². The van der Waals surface area contributed by atoms with Crippen LogP contribution in [0.1, 0.15) is 23.9 Å². The molecule has 0 unspecified atom stereocenters. The summed E-state index contributed by atoms with van der Waals surface area (Å²) in [6.07, 6.45) is 0. The van der Waals surface area contributed by atoms with Gasteiger partial charge in [-0.1, -0.05) is 12.1 Å². The van der Waals surface area contributed by atoms with Gasteiger partial charge in [-0.25, -0.2) is 4.98 Å². The van der Waals surface area contributed by atoms with Gasteiger partial charge in [-0.15, -0.1) is 11.3 Å². The van der Waals surface area contributed by atoms with Crippen LogP contribution in [0.4, 0.5) is 0 Å². The molecule has 0 saturated heterocycles. The fourth-order valence-electron chi connectivity index (χ4n) is 2.68. The van der Waals surface area contributed by atoms with Crippen LogP contribution in [-0.2, 0) is 13.1 Å². The third kappa shape index (κ3) is 3.66. The van der Waals surface area contributed by atoms with Crippen molar-refractivity contribution in [2.24, 2.45) is 0 Å². The highest BCUT2D eigenvalue weighted by atomic mass is 32.1. The quantitative estimate of drug-likeness (QED) is 0.690. The van der Waals surface area contributed by atoms with Crippen molar-refractivity contribution < 1.29 is 4.74 Å². The molecule has 5 nitrogen and oxygen atoms in total. The lowest BCUT2D eigenvalue weighted by molar-refractivity contribution is 0.314. The molecule has 0 amide bonds. The molecule has 0 bridgehead atoms. The molecule has 126 valence electrons. The summed E-state index contributed by atoms with van der Waals surface area (Å²) >= 11 is 1.50. The summed E-state index contributed by atoms with van der Waals surface area (Å²) in [6, 6.07) is 9.72. The fourth-order valence-corrected chi connectivity index (χ4v) is 3.57. The van der Waals surface area contributed by atoms with E-state index in [-0.39, 0.29) is 5.56 Å². The van der Waals surface area contributed by atoms with E-state index in [4.69, 9.17) is 4.74 Å². The molecule has 0 saturated carbocycles. The fraction of sp³-hybridized carbons (Fsp3) is 0.333. The normalized spacial score (nSPS) is 11.3. The number of aromatic nitrogens is 2. The summed E-state index contributed by atoms with van der Waals surface area (Å²) in [5, 5.41) is 1.96. The zero-order valence-electron chi connectivity index (χ0n) is 14.2. The minimum Gasteiger partial charge on any atom is -0.494 e. The first-order chi connectivity index (χ1) is 11.6. The molecular formula is C18H21N3O2S. The molecule has 3 aromatic rings. The Morgan fingerprint density at radius 3 is 2.71 bits per heavy atom. The number of ether oxygens (including phenoxy) is 1. The molecule has 0 radical (unpaired) electrons. The van der Waals surface area contributed by atoms with Gasteiger partial charge in [0, 0.05) is 30.2 Å². The number of fused-ring (bicyclic) bond motifs is 1. The highest BCUT2D eigenvalue weighted by Crippen LogP contribution is 2.15. The maximum absolute atomic E-state index is 12.2. The average Bonchev–Trinajstić information content (AvgIpc) is 2.91. The molecular weight excluding hydrogens is 322 g/mol. The number of hydrogen-bond donors (Lipinski definition) is 0. The molecule has 6 heteroatoms. The maximum Gasteiger partial charge on any atom is 0.259 e. The molecule has 2 aromatic heterocycles. The molecule has 1 aromatic carbocycles. The van der Waals surface area contributed by atoms with Crippen LogP contribution in [0.5, 0.6) is 5.75 Å². The van der Waals surface area contributed by atoms with Gasteiger partial charge in [0.1, 0.15) is 5.75 Å². The van der Waals surface area contributed by atoms with Gasteiger partial charge in [-0.3, -0.25) is 14.1 Å². The van der Waals surface area contributed by atoms with Crippen molar-refractivity contribution in [1.82, 2.24) is 14.3 Å². The van der Waals surface area contributed by atoms with Crippen LogP contribution in [0.25, 0.3) is 4.96 Å².